The maximum atomic E-state index is 6.44. The lowest BCUT2D eigenvalue weighted by Gasteiger charge is -2.34. The van der Waals surface area contributed by atoms with Crippen LogP contribution in [0.4, 0.5) is 0 Å². The summed E-state index contributed by atoms with van der Waals surface area (Å²) in [5, 5.41) is 0. The maximum Gasteiger partial charge on any atom is 0.0682 e. The zero-order chi connectivity index (χ0) is 14.4. The molecule has 1 heteroatoms. The van der Waals surface area contributed by atoms with Gasteiger partial charge >= 0.3 is 0 Å². The van der Waals surface area contributed by atoms with Gasteiger partial charge in [0, 0.05) is 6.61 Å². The Hall–Kier alpha value is -0.0400. The van der Waals surface area contributed by atoms with Crippen LogP contribution in [0.1, 0.15) is 105 Å². The minimum Gasteiger partial charge on any atom is -0.375 e. The first-order valence-corrected chi connectivity index (χ1v) is 8.88. The van der Waals surface area contributed by atoms with Crippen molar-refractivity contribution in [3.8, 4) is 0 Å². The molecule has 0 aliphatic carbocycles. The van der Waals surface area contributed by atoms with E-state index in [1.165, 1.54) is 77.0 Å². The van der Waals surface area contributed by atoms with Gasteiger partial charge < -0.3 is 4.74 Å². The molecule has 0 fully saturated rings. The van der Waals surface area contributed by atoms with Crippen LogP contribution in [0.25, 0.3) is 0 Å². The van der Waals surface area contributed by atoms with Crippen molar-refractivity contribution in [2.24, 2.45) is 0 Å². The first kappa shape index (κ1) is 19.0. The van der Waals surface area contributed by atoms with Gasteiger partial charge in [-0.2, -0.15) is 0 Å². The molecule has 0 aliphatic heterocycles. The van der Waals surface area contributed by atoms with Crippen molar-refractivity contribution in [2.45, 2.75) is 110 Å². The second kappa shape index (κ2) is 13.0. The molecule has 0 saturated carbocycles. The molecule has 0 unspecified atom stereocenters. The number of ether oxygens (including phenoxy) is 1. The summed E-state index contributed by atoms with van der Waals surface area (Å²) in [7, 11) is 0. The van der Waals surface area contributed by atoms with Crippen LogP contribution in [-0.2, 0) is 4.74 Å². The van der Waals surface area contributed by atoms with E-state index in [0.29, 0.717) is 0 Å². The summed E-state index contributed by atoms with van der Waals surface area (Å²) in [5.74, 6) is 0. The highest BCUT2D eigenvalue weighted by atomic mass is 16.5. The van der Waals surface area contributed by atoms with Crippen LogP contribution in [0.3, 0.4) is 0 Å². The van der Waals surface area contributed by atoms with Crippen LogP contribution in [0.5, 0.6) is 0 Å². The molecule has 0 aliphatic rings. The molecule has 0 spiro atoms. The Morgan fingerprint density at radius 3 is 1.37 bits per heavy atom. The highest BCUT2D eigenvalue weighted by molar-refractivity contribution is 4.81. The van der Waals surface area contributed by atoms with Crippen LogP contribution < -0.4 is 0 Å². The van der Waals surface area contributed by atoms with E-state index in [1.807, 2.05) is 0 Å². The quantitative estimate of drug-likeness (QED) is 0.327. The van der Waals surface area contributed by atoms with Gasteiger partial charge in [-0.1, -0.05) is 79.1 Å². The van der Waals surface area contributed by atoms with Gasteiger partial charge in [0.15, 0.2) is 0 Å². The Labute approximate surface area is 122 Å². The Morgan fingerprint density at radius 1 is 0.579 bits per heavy atom. The van der Waals surface area contributed by atoms with Crippen molar-refractivity contribution in [1.82, 2.24) is 0 Å². The fraction of sp³-hybridized carbons (Fsp3) is 1.00. The summed E-state index contributed by atoms with van der Waals surface area (Å²) in [5.41, 5.74) is 0.204. The van der Waals surface area contributed by atoms with Crippen LogP contribution in [0, 0.1) is 0 Å². The zero-order valence-electron chi connectivity index (χ0n) is 14.1. The third kappa shape index (κ3) is 9.49. The minimum atomic E-state index is 0.204. The van der Waals surface area contributed by atoms with Gasteiger partial charge in [0.25, 0.3) is 0 Å². The summed E-state index contributed by atoms with van der Waals surface area (Å²) in [6.45, 7) is 10.1. The molecule has 0 atom stereocenters. The molecular weight excluding hydrogens is 232 g/mol. The van der Waals surface area contributed by atoms with Gasteiger partial charge in [-0.25, -0.2) is 0 Å². The summed E-state index contributed by atoms with van der Waals surface area (Å²) in [6.07, 6.45) is 15.5. The molecule has 0 radical (unpaired) electrons. The smallest absolute Gasteiger partial charge is 0.0682 e. The summed E-state index contributed by atoms with van der Waals surface area (Å²) >= 11 is 0. The first-order chi connectivity index (χ1) is 9.24. The highest BCUT2D eigenvalue weighted by Crippen LogP contribution is 2.31. The van der Waals surface area contributed by atoms with Gasteiger partial charge in [-0.3, -0.25) is 0 Å². The molecular formula is C18H38O. The molecule has 0 heterocycles. The highest BCUT2D eigenvalue weighted by Gasteiger charge is 2.28. The van der Waals surface area contributed by atoms with E-state index in [1.54, 1.807) is 0 Å². The Bertz CT molecular complexity index is 155. The number of hydrogen-bond donors (Lipinski definition) is 0. The van der Waals surface area contributed by atoms with Crippen molar-refractivity contribution >= 4 is 0 Å². The average Bonchev–Trinajstić information content (AvgIpc) is 2.44. The molecule has 1 nitrogen and oxygen atoms in total. The number of hydrogen-bond acceptors (Lipinski definition) is 1. The lowest BCUT2D eigenvalue weighted by Crippen LogP contribution is -2.33. The van der Waals surface area contributed by atoms with E-state index in [-0.39, 0.29) is 5.60 Å². The van der Waals surface area contributed by atoms with Gasteiger partial charge in [-0.05, 0) is 25.7 Å². The summed E-state index contributed by atoms with van der Waals surface area (Å²) in [4.78, 5) is 0. The second-order valence-electron chi connectivity index (χ2n) is 6.05. The molecule has 116 valence electrons. The predicted molar refractivity (Wildman–Crippen MR) is 86.8 cm³/mol. The molecule has 0 N–H and O–H groups in total. The van der Waals surface area contributed by atoms with Gasteiger partial charge in [0.05, 0.1) is 5.60 Å². The van der Waals surface area contributed by atoms with Crippen molar-refractivity contribution in [3.63, 3.8) is 0 Å². The fourth-order valence-electron chi connectivity index (χ4n) is 2.73. The summed E-state index contributed by atoms with van der Waals surface area (Å²) in [6, 6.07) is 0. The normalized spacial score (nSPS) is 12.0. The van der Waals surface area contributed by atoms with E-state index in [2.05, 4.69) is 27.7 Å². The fourth-order valence-corrected chi connectivity index (χ4v) is 2.73. The molecule has 0 amide bonds. The molecule has 0 aromatic rings. The predicted octanol–water partition coefficient (Wildman–Crippen LogP) is 6.50. The maximum absolute atomic E-state index is 6.44. The number of rotatable bonds is 14. The molecule has 0 rings (SSSR count). The van der Waals surface area contributed by atoms with Crippen LogP contribution in [-0.4, -0.2) is 12.2 Å². The largest absolute Gasteiger partial charge is 0.375 e. The van der Waals surface area contributed by atoms with Crippen molar-refractivity contribution < 1.29 is 4.74 Å². The Morgan fingerprint density at radius 2 is 1.00 bits per heavy atom. The standard InChI is InChI=1S/C18H38O/c1-5-9-13-17-19-18(14-10-6-2,15-11-7-3)16-12-8-4/h5-17H2,1-4H3. The molecule has 0 aromatic carbocycles. The topological polar surface area (TPSA) is 9.23 Å². The van der Waals surface area contributed by atoms with E-state index < -0.39 is 0 Å². The van der Waals surface area contributed by atoms with Crippen LogP contribution in [0.15, 0.2) is 0 Å². The van der Waals surface area contributed by atoms with Crippen molar-refractivity contribution in [3.05, 3.63) is 0 Å². The summed E-state index contributed by atoms with van der Waals surface area (Å²) < 4.78 is 6.44. The van der Waals surface area contributed by atoms with Gasteiger partial charge in [-0.15, -0.1) is 0 Å². The zero-order valence-corrected chi connectivity index (χ0v) is 14.1. The Kier molecular flexibility index (Phi) is 12.9. The van der Waals surface area contributed by atoms with E-state index in [9.17, 15) is 0 Å². The lowest BCUT2D eigenvalue weighted by atomic mass is 9.85. The van der Waals surface area contributed by atoms with Crippen LogP contribution >= 0.6 is 0 Å². The first-order valence-electron chi connectivity index (χ1n) is 8.88. The van der Waals surface area contributed by atoms with E-state index in [4.69, 9.17) is 4.74 Å². The minimum absolute atomic E-state index is 0.204. The Balaban J connectivity index is 4.38. The number of unbranched alkanes of at least 4 members (excludes halogenated alkanes) is 5. The van der Waals surface area contributed by atoms with Crippen LogP contribution in [0.2, 0.25) is 0 Å². The second-order valence-corrected chi connectivity index (χ2v) is 6.05. The molecule has 0 aromatic heterocycles. The van der Waals surface area contributed by atoms with E-state index in [0.717, 1.165) is 6.61 Å². The van der Waals surface area contributed by atoms with Gasteiger partial charge in [0.1, 0.15) is 0 Å². The average molecular weight is 271 g/mol. The van der Waals surface area contributed by atoms with Gasteiger partial charge in [0.2, 0.25) is 0 Å². The molecule has 0 saturated heterocycles. The SMILES string of the molecule is CCCCCOC(CCCC)(CCCC)CCCC. The third-order valence-corrected chi connectivity index (χ3v) is 4.11. The lowest BCUT2D eigenvalue weighted by molar-refractivity contribution is -0.0686. The monoisotopic (exact) mass is 270 g/mol. The van der Waals surface area contributed by atoms with Crippen molar-refractivity contribution in [2.75, 3.05) is 6.61 Å². The van der Waals surface area contributed by atoms with E-state index >= 15 is 0 Å². The van der Waals surface area contributed by atoms with Crippen molar-refractivity contribution in [1.29, 1.82) is 0 Å². The third-order valence-electron chi connectivity index (χ3n) is 4.11. The molecule has 19 heavy (non-hydrogen) atoms. The molecule has 0 bridgehead atoms.